The Morgan fingerprint density at radius 3 is 2.78 bits per heavy atom. The first kappa shape index (κ1) is 15.6. The number of hydrogen-bond acceptors (Lipinski definition) is 2. The van der Waals surface area contributed by atoms with Gasteiger partial charge >= 0.3 is 0 Å². The average Bonchev–Trinajstić information content (AvgIpc) is 2.80. The number of hydrogen-bond donors (Lipinski definition) is 1. The van der Waals surface area contributed by atoms with Crippen molar-refractivity contribution in [2.24, 2.45) is 11.7 Å². The summed E-state index contributed by atoms with van der Waals surface area (Å²) in [5.74, 6) is 0.338. The monoisotopic (exact) mass is 308 g/mol. The largest absolute Gasteiger partial charge is 0.338 e. The second-order valence-corrected chi connectivity index (χ2v) is 5.11. The van der Waals surface area contributed by atoms with Crippen LogP contribution in [0.15, 0.2) is 18.2 Å². The van der Waals surface area contributed by atoms with Gasteiger partial charge in [-0.25, -0.2) is 0 Å². The van der Waals surface area contributed by atoms with Crippen LogP contribution in [-0.4, -0.2) is 30.4 Å². The number of benzene rings is 1. The Morgan fingerprint density at radius 1 is 1.44 bits per heavy atom. The summed E-state index contributed by atoms with van der Waals surface area (Å²) >= 11 is 11.9. The molecule has 1 atom stereocenters. The molecule has 2 N–H and O–H groups in total. The summed E-state index contributed by atoms with van der Waals surface area (Å²) in [5, 5.41) is 0.961. The molecule has 6 heteroatoms. The van der Waals surface area contributed by atoms with E-state index in [2.05, 4.69) is 0 Å². The van der Waals surface area contributed by atoms with E-state index in [9.17, 15) is 4.79 Å². The van der Waals surface area contributed by atoms with E-state index in [1.54, 1.807) is 23.1 Å². The quantitative estimate of drug-likeness (QED) is 0.913. The molecule has 0 bridgehead atoms. The fourth-order valence-corrected chi connectivity index (χ4v) is 2.41. The van der Waals surface area contributed by atoms with Crippen LogP contribution in [0.4, 0.5) is 0 Å². The Labute approximate surface area is 123 Å². The maximum Gasteiger partial charge on any atom is 0.255 e. The van der Waals surface area contributed by atoms with Gasteiger partial charge in [-0.1, -0.05) is 23.2 Å². The van der Waals surface area contributed by atoms with E-state index in [4.69, 9.17) is 28.9 Å². The van der Waals surface area contributed by atoms with Crippen LogP contribution in [0.5, 0.6) is 0 Å². The Kier molecular flexibility index (Phi) is 5.73. The molecule has 1 heterocycles. The molecule has 1 fully saturated rings. The lowest BCUT2D eigenvalue weighted by atomic mass is 10.1. The molecule has 100 valence electrons. The standard InChI is InChI=1S/C12H14Cl2N2O.ClH/c13-9-1-2-11(14)10(5-9)12(17)16-4-3-8(6-15)7-16;/h1-2,5,8H,3-4,6-7,15H2;1H. The number of rotatable bonds is 2. The van der Waals surface area contributed by atoms with E-state index in [0.29, 0.717) is 34.6 Å². The van der Waals surface area contributed by atoms with E-state index in [0.717, 1.165) is 13.0 Å². The van der Waals surface area contributed by atoms with Gasteiger partial charge in [0.25, 0.3) is 5.91 Å². The Bertz CT molecular complexity index is 439. The van der Waals surface area contributed by atoms with Gasteiger partial charge in [0.05, 0.1) is 10.6 Å². The first-order valence-electron chi connectivity index (χ1n) is 5.56. The van der Waals surface area contributed by atoms with Gasteiger partial charge in [-0.15, -0.1) is 12.4 Å². The molecule has 0 aromatic heterocycles. The Hall–Kier alpha value is -0.480. The fourth-order valence-electron chi connectivity index (χ4n) is 2.04. The Balaban J connectivity index is 0.00000162. The summed E-state index contributed by atoms with van der Waals surface area (Å²) in [6.45, 7) is 2.06. The van der Waals surface area contributed by atoms with E-state index in [1.807, 2.05) is 0 Å². The zero-order valence-electron chi connectivity index (χ0n) is 9.73. The van der Waals surface area contributed by atoms with Crippen molar-refractivity contribution in [3.63, 3.8) is 0 Å². The lowest BCUT2D eigenvalue weighted by molar-refractivity contribution is 0.0788. The minimum absolute atomic E-state index is 0. The lowest BCUT2D eigenvalue weighted by Crippen LogP contribution is -2.30. The predicted molar refractivity (Wildman–Crippen MR) is 76.8 cm³/mol. The molecule has 1 amide bonds. The molecular weight excluding hydrogens is 295 g/mol. The normalized spacial score (nSPS) is 18.6. The molecule has 0 radical (unpaired) electrons. The van der Waals surface area contributed by atoms with Gasteiger partial charge in [-0.05, 0) is 37.1 Å². The highest BCUT2D eigenvalue weighted by atomic mass is 35.5. The van der Waals surface area contributed by atoms with E-state index in [-0.39, 0.29) is 18.3 Å². The summed E-state index contributed by atoms with van der Waals surface area (Å²) in [4.78, 5) is 14.0. The summed E-state index contributed by atoms with van der Waals surface area (Å²) < 4.78 is 0. The third kappa shape index (κ3) is 3.29. The molecule has 1 aromatic carbocycles. The van der Waals surface area contributed by atoms with Gasteiger partial charge in [0.1, 0.15) is 0 Å². The van der Waals surface area contributed by atoms with Crippen LogP contribution in [0.2, 0.25) is 10.0 Å². The molecule has 1 saturated heterocycles. The number of halogens is 3. The smallest absolute Gasteiger partial charge is 0.255 e. The molecule has 0 saturated carbocycles. The zero-order valence-corrected chi connectivity index (χ0v) is 12.1. The maximum absolute atomic E-state index is 12.2. The van der Waals surface area contributed by atoms with Gasteiger partial charge < -0.3 is 10.6 Å². The molecular formula is C12H15Cl3N2O. The van der Waals surface area contributed by atoms with Crippen LogP contribution in [0.25, 0.3) is 0 Å². The number of amides is 1. The van der Waals surface area contributed by atoms with E-state index in [1.165, 1.54) is 0 Å². The topological polar surface area (TPSA) is 46.3 Å². The third-order valence-corrected chi connectivity index (χ3v) is 3.63. The first-order chi connectivity index (χ1) is 8.11. The highest BCUT2D eigenvalue weighted by molar-refractivity contribution is 6.35. The number of nitrogens with two attached hydrogens (primary N) is 1. The highest BCUT2D eigenvalue weighted by Gasteiger charge is 2.27. The number of carbonyl (C=O) groups is 1. The Morgan fingerprint density at radius 2 is 2.17 bits per heavy atom. The minimum Gasteiger partial charge on any atom is -0.338 e. The number of nitrogens with zero attached hydrogens (tertiary/aromatic N) is 1. The predicted octanol–water partition coefficient (Wildman–Crippen LogP) is 2.84. The fraction of sp³-hybridized carbons (Fsp3) is 0.417. The van der Waals surface area contributed by atoms with Crippen LogP contribution >= 0.6 is 35.6 Å². The van der Waals surface area contributed by atoms with Crippen molar-refractivity contribution in [3.05, 3.63) is 33.8 Å². The van der Waals surface area contributed by atoms with Gasteiger partial charge in [-0.3, -0.25) is 4.79 Å². The second kappa shape index (κ2) is 6.62. The molecule has 2 rings (SSSR count). The zero-order chi connectivity index (χ0) is 12.4. The van der Waals surface area contributed by atoms with Crippen LogP contribution < -0.4 is 5.73 Å². The molecule has 3 nitrogen and oxygen atoms in total. The van der Waals surface area contributed by atoms with Gasteiger partial charge in [0.2, 0.25) is 0 Å². The molecule has 1 aromatic rings. The van der Waals surface area contributed by atoms with Crippen molar-refractivity contribution in [2.45, 2.75) is 6.42 Å². The second-order valence-electron chi connectivity index (χ2n) is 4.27. The van der Waals surface area contributed by atoms with Crippen molar-refractivity contribution in [1.82, 2.24) is 4.90 Å². The summed E-state index contributed by atoms with van der Waals surface area (Å²) in [5.41, 5.74) is 6.07. The van der Waals surface area contributed by atoms with Crippen molar-refractivity contribution in [2.75, 3.05) is 19.6 Å². The van der Waals surface area contributed by atoms with Gasteiger partial charge in [-0.2, -0.15) is 0 Å². The lowest BCUT2D eigenvalue weighted by Gasteiger charge is -2.17. The third-order valence-electron chi connectivity index (χ3n) is 3.07. The van der Waals surface area contributed by atoms with Gasteiger partial charge in [0, 0.05) is 18.1 Å². The minimum atomic E-state index is -0.0616. The van der Waals surface area contributed by atoms with Crippen molar-refractivity contribution in [3.8, 4) is 0 Å². The van der Waals surface area contributed by atoms with Crippen LogP contribution in [-0.2, 0) is 0 Å². The first-order valence-corrected chi connectivity index (χ1v) is 6.32. The van der Waals surface area contributed by atoms with Gasteiger partial charge in [0.15, 0.2) is 0 Å². The molecule has 0 spiro atoms. The summed E-state index contributed by atoms with van der Waals surface area (Å²) in [7, 11) is 0. The van der Waals surface area contributed by atoms with E-state index >= 15 is 0 Å². The summed E-state index contributed by atoms with van der Waals surface area (Å²) in [6, 6.07) is 4.93. The number of carbonyl (C=O) groups excluding carboxylic acids is 1. The molecule has 1 aliphatic rings. The molecule has 1 aliphatic heterocycles. The van der Waals surface area contributed by atoms with Crippen LogP contribution in [0.1, 0.15) is 16.8 Å². The van der Waals surface area contributed by atoms with E-state index < -0.39 is 0 Å². The maximum atomic E-state index is 12.2. The van der Waals surface area contributed by atoms with Crippen molar-refractivity contribution in [1.29, 1.82) is 0 Å². The average molecular weight is 310 g/mol. The summed E-state index contributed by atoms with van der Waals surface area (Å²) in [6.07, 6.45) is 0.959. The number of likely N-dealkylation sites (tertiary alicyclic amines) is 1. The van der Waals surface area contributed by atoms with Crippen molar-refractivity contribution < 1.29 is 4.79 Å². The molecule has 18 heavy (non-hydrogen) atoms. The van der Waals surface area contributed by atoms with Crippen LogP contribution in [0, 0.1) is 5.92 Å². The van der Waals surface area contributed by atoms with Crippen molar-refractivity contribution >= 4 is 41.5 Å². The molecule has 0 aliphatic carbocycles. The molecule has 1 unspecified atom stereocenters. The highest BCUT2D eigenvalue weighted by Crippen LogP contribution is 2.24. The SMILES string of the molecule is Cl.NCC1CCN(C(=O)c2cc(Cl)ccc2Cl)C1. The van der Waals surface area contributed by atoms with Crippen LogP contribution in [0.3, 0.4) is 0 Å².